The number of fused-ring (bicyclic) bond motifs is 4. The van der Waals surface area contributed by atoms with Crippen molar-refractivity contribution < 1.29 is 9.59 Å². The van der Waals surface area contributed by atoms with E-state index in [4.69, 9.17) is 23.2 Å². The van der Waals surface area contributed by atoms with E-state index in [1.165, 1.54) is 11.2 Å². The minimum Gasteiger partial charge on any atom is -0.357 e. The summed E-state index contributed by atoms with van der Waals surface area (Å²) >= 11 is 12.2. The number of hydrogen-bond donors (Lipinski definition) is 1. The highest BCUT2D eigenvalue weighted by Crippen LogP contribution is 2.32. The summed E-state index contributed by atoms with van der Waals surface area (Å²) in [4.78, 5) is 30.8. The van der Waals surface area contributed by atoms with E-state index in [1.807, 2.05) is 24.3 Å². The molecule has 1 fully saturated rings. The van der Waals surface area contributed by atoms with Gasteiger partial charge in [-0.2, -0.15) is 5.10 Å². The van der Waals surface area contributed by atoms with Crippen molar-refractivity contribution in [2.75, 3.05) is 6.54 Å². The van der Waals surface area contributed by atoms with Crippen LogP contribution in [0.15, 0.2) is 47.6 Å². The van der Waals surface area contributed by atoms with Crippen LogP contribution in [0.25, 0.3) is 10.9 Å². The summed E-state index contributed by atoms with van der Waals surface area (Å²) in [5, 5.41) is 7.32. The number of hydrazone groups is 1. The van der Waals surface area contributed by atoms with E-state index in [0.717, 1.165) is 22.2 Å². The largest absolute Gasteiger partial charge is 0.357 e. The summed E-state index contributed by atoms with van der Waals surface area (Å²) in [7, 11) is 0. The Bertz CT molecular complexity index is 1190. The van der Waals surface area contributed by atoms with Crippen LogP contribution in [0.1, 0.15) is 16.8 Å². The summed E-state index contributed by atoms with van der Waals surface area (Å²) in [6.07, 6.45) is 1.93. The zero-order valence-electron chi connectivity index (χ0n) is 15.2. The molecule has 0 bridgehead atoms. The molecule has 1 atom stereocenters. The standard InChI is InChI=1S/C21H16Cl2N4O2/c22-15-6-3-4-12(20(15)23)9-24-27-11-19(28)26-10-17-14(8-18(26)21(27)29)13-5-1-2-7-16(13)25-17/h1-7,9,18,25H,8,10-11H2/b24-9+/t18-/m0/s1. The van der Waals surface area contributed by atoms with Gasteiger partial charge in [0.15, 0.2) is 0 Å². The number of hydrogen-bond acceptors (Lipinski definition) is 3. The smallest absolute Gasteiger partial charge is 0.266 e. The molecule has 0 saturated carbocycles. The predicted molar refractivity (Wildman–Crippen MR) is 112 cm³/mol. The molecule has 2 aliphatic rings. The molecule has 2 aliphatic heterocycles. The fourth-order valence-corrected chi connectivity index (χ4v) is 4.37. The van der Waals surface area contributed by atoms with Crippen molar-refractivity contribution in [2.45, 2.75) is 19.0 Å². The molecule has 2 aromatic carbocycles. The molecule has 6 nitrogen and oxygen atoms in total. The Labute approximate surface area is 176 Å². The Morgan fingerprint density at radius 2 is 1.90 bits per heavy atom. The molecule has 0 unspecified atom stereocenters. The first-order valence-corrected chi connectivity index (χ1v) is 9.96. The van der Waals surface area contributed by atoms with Gasteiger partial charge in [-0.15, -0.1) is 0 Å². The number of carbonyl (C=O) groups is 2. The van der Waals surface area contributed by atoms with Crippen LogP contribution in [0, 0.1) is 0 Å². The molecule has 3 heterocycles. The Morgan fingerprint density at radius 3 is 2.76 bits per heavy atom. The average molecular weight is 427 g/mol. The third-order valence-corrected chi connectivity index (χ3v) is 6.30. The van der Waals surface area contributed by atoms with Gasteiger partial charge in [0.05, 0.1) is 22.8 Å². The summed E-state index contributed by atoms with van der Waals surface area (Å²) in [5.41, 5.74) is 3.69. The number of amides is 2. The number of piperazine rings is 1. The highest BCUT2D eigenvalue weighted by molar-refractivity contribution is 6.43. The number of H-pyrrole nitrogens is 1. The number of benzene rings is 2. The van der Waals surface area contributed by atoms with E-state index < -0.39 is 6.04 Å². The molecule has 3 aromatic rings. The SMILES string of the molecule is O=C1[C@@H]2Cc3c([nH]c4ccccc34)CN2C(=O)CN1/N=C/c1cccc(Cl)c1Cl. The number of halogens is 2. The molecule has 0 aliphatic carbocycles. The van der Waals surface area contributed by atoms with E-state index in [9.17, 15) is 9.59 Å². The van der Waals surface area contributed by atoms with Gasteiger partial charge in [0, 0.05) is 28.6 Å². The molecule has 1 saturated heterocycles. The van der Waals surface area contributed by atoms with Crippen LogP contribution in [0.3, 0.4) is 0 Å². The molecule has 1 N–H and O–H groups in total. The second-order valence-corrected chi connectivity index (χ2v) is 7.94. The Morgan fingerprint density at radius 1 is 1.07 bits per heavy atom. The first kappa shape index (κ1) is 18.2. The molecule has 2 amide bonds. The van der Waals surface area contributed by atoms with Crippen LogP contribution >= 0.6 is 23.2 Å². The molecule has 29 heavy (non-hydrogen) atoms. The lowest BCUT2D eigenvalue weighted by Crippen LogP contribution is -2.60. The Balaban J connectivity index is 1.45. The van der Waals surface area contributed by atoms with Gasteiger partial charge in [0.25, 0.3) is 5.91 Å². The molecule has 0 spiro atoms. The van der Waals surface area contributed by atoms with Gasteiger partial charge in [-0.3, -0.25) is 9.59 Å². The van der Waals surface area contributed by atoms with Crippen molar-refractivity contribution in [1.82, 2.24) is 14.9 Å². The number of rotatable bonds is 2. The van der Waals surface area contributed by atoms with E-state index in [1.54, 1.807) is 23.1 Å². The van der Waals surface area contributed by atoms with Gasteiger partial charge in [-0.25, -0.2) is 5.01 Å². The van der Waals surface area contributed by atoms with Crippen molar-refractivity contribution in [3.8, 4) is 0 Å². The van der Waals surface area contributed by atoms with Crippen LogP contribution < -0.4 is 0 Å². The quantitative estimate of drug-likeness (QED) is 0.635. The second kappa shape index (κ2) is 6.90. The lowest BCUT2D eigenvalue weighted by Gasteiger charge is -2.40. The van der Waals surface area contributed by atoms with Crippen LogP contribution in [0.4, 0.5) is 0 Å². The average Bonchev–Trinajstić information content (AvgIpc) is 3.09. The van der Waals surface area contributed by atoms with Gasteiger partial charge in [0.1, 0.15) is 12.6 Å². The Hall–Kier alpha value is -2.83. The van der Waals surface area contributed by atoms with Gasteiger partial charge in [-0.05, 0) is 17.7 Å². The van der Waals surface area contributed by atoms with E-state index in [0.29, 0.717) is 28.6 Å². The summed E-state index contributed by atoms with van der Waals surface area (Å²) in [6, 6.07) is 12.6. The maximum Gasteiger partial charge on any atom is 0.266 e. The first-order chi connectivity index (χ1) is 14.0. The zero-order valence-corrected chi connectivity index (χ0v) is 16.7. The van der Waals surface area contributed by atoms with Gasteiger partial charge >= 0.3 is 0 Å². The first-order valence-electron chi connectivity index (χ1n) is 9.20. The molecule has 5 rings (SSSR count). The summed E-state index contributed by atoms with van der Waals surface area (Å²) in [6.45, 7) is 0.302. The molecule has 8 heteroatoms. The number of carbonyl (C=O) groups excluding carboxylic acids is 2. The molecule has 1 aromatic heterocycles. The van der Waals surface area contributed by atoms with Crippen LogP contribution in [0.2, 0.25) is 10.0 Å². The molecule has 0 radical (unpaired) electrons. The summed E-state index contributed by atoms with van der Waals surface area (Å²) in [5.74, 6) is -0.330. The monoisotopic (exact) mass is 426 g/mol. The zero-order chi connectivity index (χ0) is 20.1. The van der Waals surface area contributed by atoms with E-state index >= 15 is 0 Å². The fraction of sp³-hybridized carbons (Fsp3) is 0.190. The predicted octanol–water partition coefficient (Wildman–Crippen LogP) is 3.60. The third-order valence-electron chi connectivity index (χ3n) is 5.47. The van der Waals surface area contributed by atoms with Gasteiger partial charge in [-0.1, -0.05) is 53.5 Å². The lowest BCUT2D eigenvalue weighted by molar-refractivity contribution is -0.157. The van der Waals surface area contributed by atoms with Crippen molar-refractivity contribution in [3.63, 3.8) is 0 Å². The van der Waals surface area contributed by atoms with Crippen molar-refractivity contribution in [1.29, 1.82) is 0 Å². The minimum atomic E-state index is -0.560. The van der Waals surface area contributed by atoms with Crippen LogP contribution in [-0.2, 0) is 22.6 Å². The van der Waals surface area contributed by atoms with E-state index in [2.05, 4.69) is 10.1 Å². The van der Waals surface area contributed by atoms with Crippen molar-refractivity contribution in [3.05, 3.63) is 69.3 Å². The fourth-order valence-electron chi connectivity index (χ4n) is 4.01. The van der Waals surface area contributed by atoms with Gasteiger partial charge < -0.3 is 9.88 Å². The number of nitrogens with one attached hydrogen (secondary N) is 1. The molecular weight excluding hydrogens is 411 g/mol. The van der Waals surface area contributed by atoms with Gasteiger partial charge in [0.2, 0.25) is 5.91 Å². The van der Waals surface area contributed by atoms with E-state index in [-0.39, 0.29) is 18.4 Å². The number of para-hydroxylation sites is 1. The second-order valence-electron chi connectivity index (χ2n) is 7.15. The normalized spacial score (nSPS) is 19.2. The lowest BCUT2D eigenvalue weighted by atomic mass is 9.94. The highest BCUT2D eigenvalue weighted by Gasteiger charge is 2.43. The van der Waals surface area contributed by atoms with Crippen LogP contribution in [0.5, 0.6) is 0 Å². The third kappa shape index (κ3) is 2.99. The van der Waals surface area contributed by atoms with Crippen LogP contribution in [-0.4, -0.2) is 45.5 Å². The number of aromatic nitrogens is 1. The molecule has 146 valence electrons. The highest BCUT2D eigenvalue weighted by atomic mass is 35.5. The topological polar surface area (TPSA) is 68.8 Å². The van der Waals surface area contributed by atoms with Crippen molar-refractivity contribution in [2.24, 2.45) is 5.10 Å². The maximum atomic E-state index is 13.1. The maximum absolute atomic E-state index is 13.1. The van der Waals surface area contributed by atoms with Crippen molar-refractivity contribution >= 4 is 52.1 Å². The number of nitrogens with zero attached hydrogens (tertiary/aromatic N) is 3. The minimum absolute atomic E-state index is 0.0976. The summed E-state index contributed by atoms with van der Waals surface area (Å²) < 4.78 is 0. The number of aromatic amines is 1. The molecular formula is C21H16Cl2N4O2. The Kier molecular flexibility index (Phi) is 4.33.